The maximum Gasteiger partial charge on any atom is 0.167 e. The van der Waals surface area contributed by atoms with Crippen molar-refractivity contribution in [3.8, 4) is 11.3 Å². The van der Waals surface area contributed by atoms with Gasteiger partial charge in [-0.05, 0) is 35.9 Å². The van der Waals surface area contributed by atoms with Crippen molar-refractivity contribution in [3.63, 3.8) is 0 Å². The van der Waals surface area contributed by atoms with Gasteiger partial charge in [0.25, 0.3) is 0 Å². The van der Waals surface area contributed by atoms with Gasteiger partial charge >= 0.3 is 0 Å². The van der Waals surface area contributed by atoms with E-state index in [4.69, 9.17) is 10.3 Å². The van der Waals surface area contributed by atoms with Crippen LogP contribution in [0.2, 0.25) is 0 Å². The van der Waals surface area contributed by atoms with Crippen molar-refractivity contribution >= 4 is 39.3 Å². The van der Waals surface area contributed by atoms with Gasteiger partial charge in [0.15, 0.2) is 5.58 Å². The van der Waals surface area contributed by atoms with Gasteiger partial charge < -0.3 is 10.3 Å². The molecule has 0 fully saturated rings. The number of para-hydroxylation sites is 1. The summed E-state index contributed by atoms with van der Waals surface area (Å²) in [5, 5.41) is 5.27. The zero-order valence-electron chi connectivity index (χ0n) is 13.8. The van der Waals surface area contributed by atoms with E-state index in [0.717, 1.165) is 38.0 Å². The summed E-state index contributed by atoms with van der Waals surface area (Å²) < 4.78 is 6.43. The fourth-order valence-electron chi connectivity index (χ4n) is 3.02. The molecule has 2 heterocycles. The number of fused-ring (bicyclic) bond motifs is 1. The third-order valence-electron chi connectivity index (χ3n) is 4.21. The fourth-order valence-corrected chi connectivity index (χ4v) is 3.59. The molecular formula is C20H17BrClN3O. The molecule has 2 aromatic carbocycles. The molecule has 0 aliphatic heterocycles. The number of halogens is 2. The topological polar surface area (TPSA) is 64.9 Å². The Morgan fingerprint density at radius 2 is 1.81 bits per heavy atom. The Balaban J connectivity index is 0.00000196. The fraction of sp³-hybridized carbons (Fsp3) is 0.100. The number of nitrogens with zero attached hydrogens (tertiary/aromatic N) is 2. The number of rotatable bonds is 4. The lowest BCUT2D eigenvalue weighted by Gasteiger charge is -2.16. The molecule has 4 rings (SSSR count). The Morgan fingerprint density at radius 3 is 2.62 bits per heavy atom. The van der Waals surface area contributed by atoms with E-state index < -0.39 is 0 Å². The Bertz CT molecular complexity index is 1020. The summed E-state index contributed by atoms with van der Waals surface area (Å²) in [6.07, 6.45) is 2.44. The lowest BCUT2D eigenvalue weighted by Crippen LogP contribution is -2.15. The molecule has 0 amide bonds. The quantitative estimate of drug-likeness (QED) is 0.476. The average molecular weight is 431 g/mol. The van der Waals surface area contributed by atoms with Gasteiger partial charge in [-0.1, -0.05) is 51.4 Å². The van der Waals surface area contributed by atoms with E-state index in [2.05, 4.69) is 26.1 Å². The molecule has 4 aromatic rings. The molecule has 0 bridgehead atoms. The second-order valence-corrected chi connectivity index (χ2v) is 6.72. The maximum absolute atomic E-state index is 6.53. The second kappa shape index (κ2) is 7.99. The molecular weight excluding hydrogens is 414 g/mol. The lowest BCUT2D eigenvalue weighted by atomic mass is 9.94. The van der Waals surface area contributed by atoms with Crippen LogP contribution in [-0.4, -0.2) is 10.1 Å². The van der Waals surface area contributed by atoms with Crippen LogP contribution in [0, 0.1) is 0 Å². The summed E-state index contributed by atoms with van der Waals surface area (Å²) in [5.41, 5.74) is 11.0. The Hall–Kier alpha value is -2.21. The lowest BCUT2D eigenvalue weighted by molar-refractivity contribution is 0.459. The first-order chi connectivity index (χ1) is 12.2. The molecule has 0 unspecified atom stereocenters. The predicted molar refractivity (Wildman–Crippen MR) is 109 cm³/mol. The number of aromatic nitrogens is 2. The average Bonchev–Trinajstić information content (AvgIpc) is 3.06. The molecule has 2 aromatic heterocycles. The number of benzene rings is 2. The van der Waals surface area contributed by atoms with Crippen LogP contribution in [0.4, 0.5) is 0 Å². The number of hydrogen-bond acceptors (Lipinski definition) is 4. The van der Waals surface area contributed by atoms with E-state index >= 15 is 0 Å². The van der Waals surface area contributed by atoms with Crippen molar-refractivity contribution in [1.82, 2.24) is 10.1 Å². The highest BCUT2D eigenvalue weighted by molar-refractivity contribution is 9.10. The van der Waals surface area contributed by atoms with Crippen LogP contribution >= 0.6 is 28.3 Å². The SMILES string of the molecule is Cl.N[C@@H](Cc1ccccn1)c1cccc(Br)c1-c1noc2ccccc12. The van der Waals surface area contributed by atoms with Crippen LogP contribution in [-0.2, 0) is 6.42 Å². The zero-order valence-corrected chi connectivity index (χ0v) is 16.2. The van der Waals surface area contributed by atoms with Gasteiger partial charge in [-0.25, -0.2) is 0 Å². The van der Waals surface area contributed by atoms with E-state index in [0.29, 0.717) is 6.42 Å². The van der Waals surface area contributed by atoms with Crippen molar-refractivity contribution in [2.45, 2.75) is 12.5 Å². The predicted octanol–water partition coefficient (Wildman–Crippen LogP) is 5.32. The van der Waals surface area contributed by atoms with Gasteiger partial charge in [-0.3, -0.25) is 4.98 Å². The first kappa shape index (κ1) is 18.6. The minimum Gasteiger partial charge on any atom is -0.356 e. The van der Waals surface area contributed by atoms with Crippen molar-refractivity contribution in [2.24, 2.45) is 5.73 Å². The van der Waals surface area contributed by atoms with Gasteiger partial charge in [0.2, 0.25) is 0 Å². The largest absolute Gasteiger partial charge is 0.356 e. The van der Waals surface area contributed by atoms with Crippen molar-refractivity contribution in [3.05, 3.63) is 82.6 Å². The summed E-state index contributed by atoms with van der Waals surface area (Å²) >= 11 is 3.66. The van der Waals surface area contributed by atoms with Crippen LogP contribution in [0.15, 0.2) is 75.9 Å². The number of nitrogens with two attached hydrogens (primary N) is 1. The van der Waals surface area contributed by atoms with E-state index in [1.807, 2.05) is 60.7 Å². The van der Waals surface area contributed by atoms with Gasteiger partial charge in [0.05, 0.1) is 0 Å². The molecule has 2 N–H and O–H groups in total. The minimum atomic E-state index is -0.196. The standard InChI is InChI=1S/C20H16BrN3O.ClH/c21-16-9-5-8-14(17(22)12-13-6-3-4-11-23-13)19(16)20-15-7-1-2-10-18(15)25-24-20;/h1-11,17H,12,22H2;1H/t17-;/m0./s1. The molecule has 0 aliphatic carbocycles. The van der Waals surface area contributed by atoms with Crippen LogP contribution in [0.25, 0.3) is 22.2 Å². The highest BCUT2D eigenvalue weighted by Crippen LogP contribution is 2.38. The molecule has 4 nitrogen and oxygen atoms in total. The molecule has 0 aliphatic rings. The van der Waals surface area contributed by atoms with E-state index in [1.165, 1.54) is 0 Å². The van der Waals surface area contributed by atoms with Crippen LogP contribution in [0.5, 0.6) is 0 Å². The Kier molecular flexibility index (Phi) is 5.71. The number of pyridine rings is 1. The van der Waals surface area contributed by atoms with Crippen molar-refractivity contribution < 1.29 is 4.52 Å². The van der Waals surface area contributed by atoms with Gasteiger partial charge in [0, 0.05) is 39.8 Å². The van der Waals surface area contributed by atoms with Crippen molar-refractivity contribution in [1.29, 1.82) is 0 Å². The normalized spacial score (nSPS) is 11.9. The first-order valence-corrected chi connectivity index (χ1v) is 8.82. The third kappa shape index (κ3) is 3.51. The number of hydrogen-bond donors (Lipinski definition) is 1. The van der Waals surface area contributed by atoms with Gasteiger partial charge in [0.1, 0.15) is 5.69 Å². The van der Waals surface area contributed by atoms with Crippen molar-refractivity contribution in [2.75, 3.05) is 0 Å². The minimum absolute atomic E-state index is 0. The van der Waals surface area contributed by atoms with Gasteiger partial charge in [-0.2, -0.15) is 0 Å². The Labute approximate surface area is 166 Å². The summed E-state index contributed by atoms with van der Waals surface area (Å²) in [7, 11) is 0. The Morgan fingerprint density at radius 1 is 1.00 bits per heavy atom. The third-order valence-corrected chi connectivity index (χ3v) is 4.88. The molecule has 0 saturated carbocycles. The summed E-state index contributed by atoms with van der Waals surface area (Å²) in [6.45, 7) is 0. The van der Waals surface area contributed by atoms with Gasteiger partial charge in [-0.15, -0.1) is 12.4 Å². The molecule has 0 saturated heterocycles. The summed E-state index contributed by atoms with van der Waals surface area (Å²) in [4.78, 5) is 4.38. The molecule has 1 atom stereocenters. The summed E-state index contributed by atoms with van der Waals surface area (Å²) in [5.74, 6) is 0. The van der Waals surface area contributed by atoms with E-state index in [-0.39, 0.29) is 18.4 Å². The molecule has 0 radical (unpaired) electrons. The van der Waals surface area contributed by atoms with Crippen LogP contribution in [0.1, 0.15) is 17.3 Å². The first-order valence-electron chi connectivity index (χ1n) is 8.02. The molecule has 26 heavy (non-hydrogen) atoms. The molecule has 132 valence electrons. The highest BCUT2D eigenvalue weighted by Gasteiger charge is 2.20. The molecule has 6 heteroatoms. The van der Waals surface area contributed by atoms with E-state index in [1.54, 1.807) is 6.20 Å². The second-order valence-electron chi connectivity index (χ2n) is 5.86. The molecule has 0 spiro atoms. The zero-order chi connectivity index (χ0) is 17.2. The van der Waals surface area contributed by atoms with Crippen LogP contribution < -0.4 is 5.73 Å². The summed E-state index contributed by atoms with van der Waals surface area (Å²) in [6, 6.07) is 19.5. The smallest absolute Gasteiger partial charge is 0.167 e. The monoisotopic (exact) mass is 429 g/mol. The highest BCUT2D eigenvalue weighted by atomic mass is 79.9. The maximum atomic E-state index is 6.53. The van der Waals surface area contributed by atoms with Crippen LogP contribution in [0.3, 0.4) is 0 Å². The van der Waals surface area contributed by atoms with E-state index in [9.17, 15) is 0 Å².